The van der Waals surface area contributed by atoms with E-state index in [1.807, 2.05) is 0 Å². The molecule has 2 aliphatic rings. The van der Waals surface area contributed by atoms with Crippen LogP contribution in [-0.2, 0) is 4.79 Å². The number of nitrogens with one attached hydrogen (secondary N) is 1. The van der Waals surface area contributed by atoms with Crippen LogP contribution >= 0.6 is 0 Å². The summed E-state index contributed by atoms with van der Waals surface area (Å²) in [5.74, 6) is 0.894. The molecule has 2 aliphatic heterocycles. The number of carbonyl (C=O) groups is 1. The monoisotopic (exact) mass is 281 g/mol. The molecule has 1 amide bonds. The van der Waals surface area contributed by atoms with Gasteiger partial charge in [-0.1, -0.05) is 20.8 Å². The first kappa shape index (κ1) is 15.8. The van der Waals surface area contributed by atoms with Crippen LogP contribution in [0.2, 0.25) is 0 Å². The largest absolute Gasteiger partial charge is 0.326 e. The second kappa shape index (κ2) is 7.41. The minimum atomic E-state index is 0.0479. The van der Waals surface area contributed by atoms with Gasteiger partial charge in [0.2, 0.25) is 5.91 Å². The highest BCUT2D eigenvalue weighted by Gasteiger charge is 2.37. The minimum Gasteiger partial charge on any atom is -0.326 e. The van der Waals surface area contributed by atoms with Gasteiger partial charge in [0.1, 0.15) is 0 Å². The van der Waals surface area contributed by atoms with Gasteiger partial charge in [0.25, 0.3) is 0 Å². The zero-order chi connectivity index (χ0) is 14.5. The van der Waals surface area contributed by atoms with E-state index in [4.69, 9.17) is 0 Å². The van der Waals surface area contributed by atoms with E-state index < -0.39 is 0 Å². The van der Waals surface area contributed by atoms with Crippen LogP contribution in [0.3, 0.4) is 0 Å². The van der Waals surface area contributed by atoms with Crippen LogP contribution in [0.1, 0.15) is 52.9 Å². The van der Waals surface area contributed by atoms with Crippen LogP contribution in [0, 0.1) is 5.92 Å². The Morgan fingerprint density at radius 2 is 1.95 bits per heavy atom. The maximum Gasteiger partial charge on any atom is 0.241 e. The van der Waals surface area contributed by atoms with Crippen LogP contribution in [0.25, 0.3) is 0 Å². The van der Waals surface area contributed by atoms with E-state index >= 15 is 0 Å². The number of likely N-dealkylation sites (tertiary alicyclic amines) is 1. The minimum absolute atomic E-state index is 0.0479. The van der Waals surface area contributed by atoms with Crippen LogP contribution in [-0.4, -0.2) is 54.1 Å². The van der Waals surface area contributed by atoms with Crippen LogP contribution in [0.5, 0.6) is 0 Å². The van der Waals surface area contributed by atoms with Crippen molar-refractivity contribution < 1.29 is 4.79 Å². The van der Waals surface area contributed by atoms with Crippen LogP contribution in [0.15, 0.2) is 0 Å². The Kier molecular flexibility index (Phi) is 5.85. The van der Waals surface area contributed by atoms with Gasteiger partial charge in [-0.3, -0.25) is 10.1 Å². The van der Waals surface area contributed by atoms with Crippen molar-refractivity contribution in [3.05, 3.63) is 0 Å². The fraction of sp³-hybridized carbons (Fsp3) is 0.938. The Labute approximate surface area is 123 Å². The molecule has 4 heteroatoms. The summed E-state index contributed by atoms with van der Waals surface area (Å²) in [6.07, 6.45) is 6.02. The van der Waals surface area contributed by atoms with Gasteiger partial charge in [0.15, 0.2) is 0 Å². The van der Waals surface area contributed by atoms with Gasteiger partial charge in [-0.25, -0.2) is 0 Å². The molecule has 1 N–H and O–H groups in total. The molecule has 0 aromatic rings. The molecular formula is C16H31N3O. The summed E-state index contributed by atoms with van der Waals surface area (Å²) in [6.45, 7) is 11.1. The molecule has 0 radical (unpaired) electrons. The predicted molar refractivity (Wildman–Crippen MR) is 82.5 cm³/mol. The summed E-state index contributed by atoms with van der Waals surface area (Å²) in [6, 6.07) is 0.0479. The lowest BCUT2D eigenvalue weighted by Crippen LogP contribution is -2.38. The SMILES string of the molecule is CCC1NC(CC(C)C)C(=O)N1CCCN1CCCC1. The topological polar surface area (TPSA) is 35.6 Å². The fourth-order valence-electron chi connectivity index (χ4n) is 3.46. The van der Waals surface area contributed by atoms with Gasteiger partial charge in [-0.05, 0) is 57.7 Å². The van der Waals surface area contributed by atoms with Crippen LogP contribution < -0.4 is 5.32 Å². The van der Waals surface area contributed by atoms with Gasteiger partial charge in [-0.2, -0.15) is 0 Å². The molecule has 4 nitrogen and oxygen atoms in total. The lowest BCUT2D eigenvalue weighted by molar-refractivity contribution is -0.130. The van der Waals surface area contributed by atoms with Crippen molar-refractivity contribution in [1.82, 2.24) is 15.1 Å². The predicted octanol–water partition coefficient (Wildman–Crippen LogP) is 2.05. The fourth-order valence-corrected chi connectivity index (χ4v) is 3.46. The molecule has 0 spiro atoms. The maximum absolute atomic E-state index is 12.5. The molecule has 2 atom stereocenters. The van der Waals surface area contributed by atoms with Gasteiger partial charge < -0.3 is 9.80 Å². The number of hydrogen-bond donors (Lipinski definition) is 1. The van der Waals surface area contributed by atoms with Crippen molar-refractivity contribution in [2.24, 2.45) is 5.92 Å². The Morgan fingerprint density at radius 1 is 1.25 bits per heavy atom. The van der Waals surface area contributed by atoms with Crippen molar-refractivity contribution in [3.63, 3.8) is 0 Å². The molecule has 2 saturated heterocycles. The second-order valence-electron chi connectivity index (χ2n) is 6.71. The highest BCUT2D eigenvalue weighted by atomic mass is 16.2. The van der Waals surface area contributed by atoms with E-state index in [-0.39, 0.29) is 12.2 Å². The second-order valence-corrected chi connectivity index (χ2v) is 6.71. The molecule has 0 aliphatic carbocycles. The molecule has 0 aromatic carbocycles. The average Bonchev–Trinajstić information content (AvgIpc) is 3.01. The van der Waals surface area contributed by atoms with Crippen LogP contribution in [0.4, 0.5) is 0 Å². The molecule has 116 valence electrons. The van der Waals surface area contributed by atoms with E-state index in [1.165, 1.54) is 25.9 Å². The van der Waals surface area contributed by atoms with Crippen molar-refractivity contribution in [2.75, 3.05) is 26.2 Å². The molecular weight excluding hydrogens is 250 g/mol. The van der Waals surface area contributed by atoms with E-state index in [0.717, 1.165) is 32.4 Å². The first-order valence-electron chi connectivity index (χ1n) is 8.40. The Hall–Kier alpha value is -0.610. The van der Waals surface area contributed by atoms with E-state index in [1.54, 1.807) is 0 Å². The third-order valence-corrected chi connectivity index (χ3v) is 4.52. The molecule has 2 unspecified atom stereocenters. The summed E-state index contributed by atoms with van der Waals surface area (Å²) in [5.41, 5.74) is 0. The highest BCUT2D eigenvalue weighted by Crippen LogP contribution is 2.19. The van der Waals surface area contributed by atoms with Gasteiger partial charge in [0.05, 0.1) is 12.2 Å². The third-order valence-electron chi connectivity index (χ3n) is 4.52. The van der Waals surface area contributed by atoms with E-state index in [0.29, 0.717) is 11.8 Å². The zero-order valence-corrected chi connectivity index (χ0v) is 13.4. The quantitative estimate of drug-likeness (QED) is 0.776. The molecule has 20 heavy (non-hydrogen) atoms. The van der Waals surface area contributed by atoms with Gasteiger partial charge in [-0.15, -0.1) is 0 Å². The van der Waals surface area contributed by atoms with Crippen molar-refractivity contribution in [2.45, 2.75) is 65.1 Å². The maximum atomic E-state index is 12.5. The smallest absolute Gasteiger partial charge is 0.241 e. The van der Waals surface area contributed by atoms with E-state index in [9.17, 15) is 4.79 Å². The normalized spacial score (nSPS) is 28.0. The third kappa shape index (κ3) is 3.95. The summed E-state index contributed by atoms with van der Waals surface area (Å²) in [5, 5.41) is 3.51. The molecule has 2 heterocycles. The lowest BCUT2D eigenvalue weighted by Gasteiger charge is -2.24. The Morgan fingerprint density at radius 3 is 2.55 bits per heavy atom. The molecule has 0 aromatic heterocycles. The standard InChI is InChI=1S/C16H31N3O/c1-4-15-17-14(12-13(2)3)16(20)19(15)11-7-10-18-8-5-6-9-18/h13-15,17H,4-12H2,1-3H3. The Balaban J connectivity index is 1.80. The highest BCUT2D eigenvalue weighted by molar-refractivity contribution is 5.84. The van der Waals surface area contributed by atoms with Gasteiger partial charge >= 0.3 is 0 Å². The zero-order valence-electron chi connectivity index (χ0n) is 13.4. The number of hydrogen-bond acceptors (Lipinski definition) is 3. The van der Waals surface area contributed by atoms with E-state index in [2.05, 4.69) is 35.9 Å². The first-order chi connectivity index (χ1) is 9.61. The number of amides is 1. The average molecular weight is 281 g/mol. The lowest BCUT2D eigenvalue weighted by atomic mass is 10.0. The molecule has 2 fully saturated rings. The molecule has 0 saturated carbocycles. The summed E-state index contributed by atoms with van der Waals surface area (Å²) in [4.78, 5) is 17.1. The summed E-state index contributed by atoms with van der Waals surface area (Å²) >= 11 is 0. The number of carbonyl (C=O) groups excluding carboxylic acids is 1. The first-order valence-corrected chi connectivity index (χ1v) is 8.40. The van der Waals surface area contributed by atoms with Crippen molar-refractivity contribution >= 4 is 5.91 Å². The molecule has 2 rings (SSSR count). The Bertz CT molecular complexity index is 313. The number of rotatable bonds is 7. The number of nitrogens with zero attached hydrogens (tertiary/aromatic N) is 2. The van der Waals surface area contributed by atoms with Gasteiger partial charge in [0, 0.05) is 6.54 Å². The molecule has 0 bridgehead atoms. The summed E-state index contributed by atoms with van der Waals surface area (Å²) < 4.78 is 0. The van der Waals surface area contributed by atoms with Crippen molar-refractivity contribution in [1.29, 1.82) is 0 Å². The van der Waals surface area contributed by atoms with Crippen molar-refractivity contribution in [3.8, 4) is 0 Å². The summed E-state index contributed by atoms with van der Waals surface area (Å²) in [7, 11) is 0.